The molecule has 7 heteroatoms. The van der Waals surface area contributed by atoms with Gasteiger partial charge in [0.05, 0.1) is 11.4 Å². The van der Waals surface area contributed by atoms with Gasteiger partial charge in [0.1, 0.15) is 17.4 Å². The molecule has 0 aromatic carbocycles. The van der Waals surface area contributed by atoms with Crippen LogP contribution in [0, 0.1) is 23.7 Å². The van der Waals surface area contributed by atoms with Crippen LogP contribution in [0.15, 0.2) is 24.8 Å². The van der Waals surface area contributed by atoms with Crippen molar-refractivity contribution in [3.63, 3.8) is 0 Å². The predicted molar refractivity (Wildman–Crippen MR) is 98.8 cm³/mol. The summed E-state index contributed by atoms with van der Waals surface area (Å²) >= 11 is 0. The minimum atomic E-state index is -0.0177. The number of hydrogen-bond donors (Lipinski definition) is 2. The number of nitrogens with zero attached hydrogens (tertiary/aromatic N) is 4. The molecule has 0 radical (unpaired) electrons. The van der Waals surface area contributed by atoms with E-state index < -0.39 is 0 Å². The van der Waals surface area contributed by atoms with E-state index >= 15 is 0 Å². The molecule has 4 rings (SSSR count). The molecule has 0 saturated carbocycles. The first kappa shape index (κ1) is 16.9. The second-order valence-electron chi connectivity index (χ2n) is 7.37. The zero-order valence-corrected chi connectivity index (χ0v) is 15.1. The molecule has 2 aliphatic heterocycles. The van der Waals surface area contributed by atoms with Crippen molar-refractivity contribution in [3.05, 3.63) is 36.2 Å². The average molecular weight is 352 g/mol. The van der Waals surface area contributed by atoms with E-state index in [9.17, 15) is 4.79 Å². The van der Waals surface area contributed by atoms with Crippen molar-refractivity contribution in [3.8, 4) is 0 Å². The Bertz CT molecular complexity index is 745. The largest absolute Gasteiger partial charge is 0.368 e. The number of ketones is 1. The number of anilines is 2. The number of carbonyl (C=O) groups is 1. The van der Waals surface area contributed by atoms with Crippen LogP contribution in [0.1, 0.15) is 25.2 Å². The third-order valence-electron chi connectivity index (χ3n) is 5.83. The van der Waals surface area contributed by atoms with Gasteiger partial charge in [-0.3, -0.25) is 14.8 Å². The Labute approximate surface area is 153 Å². The molecule has 2 aromatic heterocycles. The molecule has 0 aliphatic carbocycles. The lowest BCUT2D eigenvalue weighted by Gasteiger charge is -2.33. The molecule has 2 N–H and O–H groups in total. The molecule has 0 fully saturated rings. The summed E-state index contributed by atoms with van der Waals surface area (Å²) in [4.78, 5) is 30.6. The molecule has 26 heavy (non-hydrogen) atoms. The van der Waals surface area contributed by atoms with Gasteiger partial charge in [-0.1, -0.05) is 13.8 Å². The fraction of sp³-hybridized carbons (Fsp3) is 0.526. The van der Waals surface area contributed by atoms with E-state index in [0.29, 0.717) is 5.78 Å². The zero-order chi connectivity index (χ0) is 18.1. The van der Waals surface area contributed by atoms with Gasteiger partial charge in [-0.25, -0.2) is 9.97 Å². The minimum Gasteiger partial charge on any atom is -0.368 e. The van der Waals surface area contributed by atoms with Crippen molar-refractivity contribution in [1.29, 1.82) is 0 Å². The van der Waals surface area contributed by atoms with Crippen LogP contribution in [-0.4, -0.2) is 38.8 Å². The van der Waals surface area contributed by atoms with Gasteiger partial charge in [0.15, 0.2) is 0 Å². The Morgan fingerprint density at radius 3 is 1.73 bits per heavy atom. The maximum Gasteiger partial charge on any atom is 0.147 e. The van der Waals surface area contributed by atoms with Gasteiger partial charge in [-0.15, -0.1) is 0 Å². The zero-order valence-electron chi connectivity index (χ0n) is 15.1. The Hall–Kier alpha value is -2.57. The summed E-state index contributed by atoms with van der Waals surface area (Å²) in [7, 11) is 0. The third-order valence-corrected chi connectivity index (χ3v) is 5.83. The van der Waals surface area contributed by atoms with Gasteiger partial charge in [0, 0.05) is 49.7 Å². The van der Waals surface area contributed by atoms with E-state index in [1.54, 1.807) is 24.8 Å². The highest BCUT2D eigenvalue weighted by atomic mass is 16.1. The lowest BCUT2D eigenvalue weighted by Crippen LogP contribution is -2.39. The van der Waals surface area contributed by atoms with Gasteiger partial charge in [-0.05, 0) is 24.7 Å². The molecule has 4 heterocycles. The van der Waals surface area contributed by atoms with Crippen molar-refractivity contribution in [1.82, 2.24) is 19.9 Å². The maximum atomic E-state index is 13.1. The molecule has 2 aromatic rings. The van der Waals surface area contributed by atoms with E-state index in [0.717, 1.165) is 49.0 Å². The third kappa shape index (κ3) is 3.13. The van der Waals surface area contributed by atoms with Crippen molar-refractivity contribution >= 4 is 17.4 Å². The first-order valence-corrected chi connectivity index (χ1v) is 9.24. The minimum absolute atomic E-state index is 0.0177. The fourth-order valence-electron chi connectivity index (χ4n) is 4.01. The number of fused-ring (bicyclic) bond motifs is 2. The molecule has 7 nitrogen and oxygen atoms in total. The van der Waals surface area contributed by atoms with Gasteiger partial charge < -0.3 is 10.6 Å². The predicted octanol–water partition coefficient (Wildman–Crippen LogP) is 1.98. The number of carbonyl (C=O) groups excluding carboxylic acids is 1. The Kier molecular flexibility index (Phi) is 4.53. The Morgan fingerprint density at radius 1 is 0.846 bits per heavy atom. The summed E-state index contributed by atoms with van der Waals surface area (Å²) in [5, 5.41) is 6.65. The molecular formula is C19H24N6O. The summed E-state index contributed by atoms with van der Waals surface area (Å²) < 4.78 is 0. The molecule has 136 valence electrons. The topological polar surface area (TPSA) is 92.7 Å². The van der Waals surface area contributed by atoms with E-state index in [1.165, 1.54) is 0 Å². The first-order valence-electron chi connectivity index (χ1n) is 9.24. The van der Waals surface area contributed by atoms with Crippen LogP contribution in [-0.2, 0) is 17.6 Å². The first-order chi connectivity index (χ1) is 12.6. The fourth-order valence-corrected chi connectivity index (χ4v) is 4.01. The highest BCUT2D eigenvalue weighted by molar-refractivity contribution is 5.83. The number of Topliss-reactive ketones (excluding diaryl/α,β-unsaturated/α-hetero) is 1. The van der Waals surface area contributed by atoms with Gasteiger partial charge >= 0.3 is 0 Å². The number of nitrogens with one attached hydrogen (secondary N) is 2. The summed E-state index contributed by atoms with van der Waals surface area (Å²) in [5.41, 5.74) is 1.92. The summed E-state index contributed by atoms with van der Waals surface area (Å²) in [6, 6.07) is 0. The average Bonchev–Trinajstić information content (AvgIpc) is 2.71. The summed E-state index contributed by atoms with van der Waals surface area (Å²) in [5.74, 6) is 2.48. The van der Waals surface area contributed by atoms with Crippen molar-refractivity contribution in [2.24, 2.45) is 23.7 Å². The van der Waals surface area contributed by atoms with E-state index in [4.69, 9.17) is 0 Å². The van der Waals surface area contributed by atoms with Crippen LogP contribution >= 0.6 is 0 Å². The second kappa shape index (κ2) is 6.97. The van der Waals surface area contributed by atoms with Crippen molar-refractivity contribution < 1.29 is 4.79 Å². The lowest BCUT2D eigenvalue weighted by atomic mass is 9.76. The van der Waals surface area contributed by atoms with Gasteiger partial charge in [0.2, 0.25) is 0 Å². The van der Waals surface area contributed by atoms with Gasteiger partial charge in [-0.2, -0.15) is 0 Å². The molecule has 0 bridgehead atoms. The van der Waals surface area contributed by atoms with Crippen molar-refractivity contribution in [2.45, 2.75) is 26.7 Å². The van der Waals surface area contributed by atoms with Crippen LogP contribution in [0.25, 0.3) is 0 Å². The Morgan fingerprint density at radius 2 is 1.27 bits per heavy atom. The Balaban J connectivity index is 1.43. The summed E-state index contributed by atoms with van der Waals surface area (Å²) in [6.45, 7) is 5.64. The van der Waals surface area contributed by atoms with Crippen LogP contribution in [0.2, 0.25) is 0 Å². The quantitative estimate of drug-likeness (QED) is 0.869. The molecule has 2 aliphatic rings. The SMILES string of the molecule is CC(C(=O)C(C)C1CNc2nccnc2C1)C1CNc2nccnc2C1. The molecule has 0 amide bonds. The maximum absolute atomic E-state index is 13.1. The summed E-state index contributed by atoms with van der Waals surface area (Å²) in [6.07, 6.45) is 8.41. The van der Waals surface area contributed by atoms with Crippen LogP contribution < -0.4 is 10.6 Å². The van der Waals surface area contributed by atoms with Gasteiger partial charge in [0.25, 0.3) is 0 Å². The lowest BCUT2D eigenvalue weighted by molar-refractivity contribution is -0.128. The number of aromatic nitrogens is 4. The molecular weight excluding hydrogens is 328 g/mol. The van der Waals surface area contributed by atoms with Crippen LogP contribution in [0.5, 0.6) is 0 Å². The molecule has 4 unspecified atom stereocenters. The normalized spacial score (nSPS) is 23.6. The highest BCUT2D eigenvalue weighted by Crippen LogP contribution is 2.31. The van der Waals surface area contributed by atoms with E-state index in [1.807, 2.05) is 0 Å². The van der Waals surface area contributed by atoms with E-state index in [-0.39, 0.29) is 23.7 Å². The van der Waals surface area contributed by atoms with Crippen LogP contribution in [0.3, 0.4) is 0 Å². The molecule has 0 spiro atoms. The molecule has 4 atom stereocenters. The monoisotopic (exact) mass is 352 g/mol. The highest BCUT2D eigenvalue weighted by Gasteiger charge is 2.35. The van der Waals surface area contributed by atoms with E-state index in [2.05, 4.69) is 44.4 Å². The van der Waals surface area contributed by atoms with Crippen LogP contribution in [0.4, 0.5) is 11.6 Å². The molecule has 0 saturated heterocycles. The standard InChI is InChI=1S/C19H24N6O/c1-11(13-7-15-18(24-9-13)22-5-3-20-15)17(26)12(2)14-8-16-19(25-10-14)23-6-4-21-16/h3-6,11-14H,7-10H2,1-2H3,(H,22,24)(H,23,25). The second-order valence-corrected chi connectivity index (χ2v) is 7.37. The van der Waals surface area contributed by atoms with Crippen molar-refractivity contribution in [2.75, 3.05) is 23.7 Å². The number of rotatable bonds is 4. The smallest absolute Gasteiger partial charge is 0.147 e. The number of hydrogen-bond acceptors (Lipinski definition) is 7.